The van der Waals surface area contributed by atoms with E-state index in [9.17, 15) is 8.42 Å². The normalized spacial score (nSPS) is 13.8. The van der Waals surface area contributed by atoms with Crippen molar-refractivity contribution < 1.29 is 8.42 Å². The Morgan fingerprint density at radius 2 is 1.50 bits per heavy atom. The van der Waals surface area contributed by atoms with Crippen LogP contribution < -0.4 is 5.32 Å². The highest BCUT2D eigenvalue weighted by Crippen LogP contribution is 2.21. The van der Waals surface area contributed by atoms with Crippen molar-refractivity contribution in [2.24, 2.45) is 5.92 Å². The average molecular weight is 306 g/mol. The molecule has 0 rings (SSSR count). The molecule has 0 aromatic heterocycles. The highest BCUT2D eigenvalue weighted by atomic mass is 32.2. The van der Waals surface area contributed by atoms with Crippen molar-refractivity contribution in [1.82, 2.24) is 5.32 Å². The fourth-order valence-electron chi connectivity index (χ4n) is 2.79. The summed E-state index contributed by atoms with van der Waals surface area (Å²) >= 11 is 0. The molecule has 20 heavy (non-hydrogen) atoms. The van der Waals surface area contributed by atoms with Crippen LogP contribution in [0.5, 0.6) is 0 Å². The summed E-state index contributed by atoms with van der Waals surface area (Å²) in [7, 11) is -2.81. The van der Waals surface area contributed by atoms with E-state index in [4.69, 9.17) is 0 Å². The average Bonchev–Trinajstić information content (AvgIpc) is 2.42. The van der Waals surface area contributed by atoms with Crippen LogP contribution in [0.25, 0.3) is 0 Å². The number of nitrogens with one attached hydrogen (secondary N) is 1. The standard InChI is InChI=1S/C16H35NO2S/c1-5-10-15(11-6-2)16(17-13-7-3)12-9-14-20(18,19)8-4/h15-17H,5-14H2,1-4H3. The number of hydrogen-bond acceptors (Lipinski definition) is 3. The molecule has 1 atom stereocenters. The van der Waals surface area contributed by atoms with Crippen molar-refractivity contribution in [3.63, 3.8) is 0 Å². The highest BCUT2D eigenvalue weighted by Gasteiger charge is 2.20. The summed E-state index contributed by atoms with van der Waals surface area (Å²) in [5.41, 5.74) is 0. The topological polar surface area (TPSA) is 46.2 Å². The van der Waals surface area contributed by atoms with E-state index >= 15 is 0 Å². The van der Waals surface area contributed by atoms with E-state index in [-0.39, 0.29) is 5.75 Å². The van der Waals surface area contributed by atoms with Crippen LogP contribution in [-0.4, -0.2) is 32.5 Å². The Balaban J connectivity index is 4.44. The predicted molar refractivity (Wildman–Crippen MR) is 88.9 cm³/mol. The smallest absolute Gasteiger partial charge is 0.150 e. The Bertz CT molecular complexity index is 308. The summed E-state index contributed by atoms with van der Waals surface area (Å²) in [6.07, 6.45) is 7.83. The second-order valence-electron chi connectivity index (χ2n) is 5.78. The molecule has 122 valence electrons. The van der Waals surface area contributed by atoms with Gasteiger partial charge in [0.25, 0.3) is 0 Å². The Labute approximate surface area is 126 Å². The maximum atomic E-state index is 11.6. The second-order valence-corrected chi connectivity index (χ2v) is 8.25. The molecule has 0 radical (unpaired) electrons. The minimum absolute atomic E-state index is 0.271. The molecule has 0 aromatic carbocycles. The maximum Gasteiger partial charge on any atom is 0.150 e. The molecular weight excluding hydrogens is 270 g/mol. The molecule has 0 heterocycles. The van der Waals surface area contributed by atoms with Gasteiger partial charge in [-0.3, -0.25) is 0 Å². The molecule has 0 saturated carbocycles. The van der Waals surface area contributed by atoms with Crippen molar-refractivity contribution >= 4 is 9.84 Å². The number of rotatable bonds is 13. The van der Waals surface area contributed by atoms with Gasteiger partial charge in [0.1, 0.15) is 9.84 Å². The molecule has 0 saturated heterocycles. The summed E-state index contributed by atoms with van der Waals surface area (Å²) in [6.45, 7) is 9.43. The molecule has 3 nitrogen and oxygen atoms in total. The fraction of sp³-hybridized carbons (Fsp3) is 1.00. The summed E-state index contributed by atoms with van der Waals surface area (Å²) in [5, 5.41) is 3.65. The molecule has 0 bridgehead atoms. The van der Waals surface area contributed by atoms with E-state index in [0.29, 0.717) is 17.7 Å². The third-order valence-electron chi connectivity index (χ3n) is 3.95. The van der Waals surface area contributed by atoms with Gasteiger partial charge in [0.15, 0.2) is 0 Å². The molecule has 0 amide bonds. The van der Waals surface area contributed by atoms with Gasteiger partial charge in [-0.2, -0.15) is 0 Å². The molecule has 0 aliphatic rings. The van der Waals surface area contributed by atoms with Gasteiger partial charge in [0, 0.05) is 11.8 Å². The molecule has 0 aromatic rings. The second kappa shape index (κ2) is 11.6. The van der Waals surface area contributed by atoms with Crippen molar-refractivity contribution in [1.29, 1.82) is 0 Å². The van der Waals surface area contributed by atoms with Gasteiger partial charge >= 0.3 is 0 Å². The van der Waals surface area contributed by atoms with E-state index in [2.05, 4.69) is 26.1 Å². The Morgan fingerprint density at radius 1 is 0.900 bits per heavy atom. The van der Waals surface area contributed by atoms with Crippen molar-refractivity contribution in [2.45, 2.75) is 78.7 Å². The first-order chi connectivity index (χ1) is 9.50. The summed E-state index contributed by atoms with van der Waals surface area (Å²) in [6, 6.07) is 0.488. The van der Waals surface area contributed by atoms with E-state index < -0.39 is 9.84 Å². The van der Waals surface area contributed by atoms with Gasteiger partial charge in [0.05, 0.1) is 5.75 Å². The monoisotopic (exact) mass is 305 g/mol. The first-order valence-electron chi connectivity index (χ1n) is 8.44. The minimum atomic E-state index is -2.81. The molecule has 0 fully saturated rings. The summed E-state index contributed by atoms with van der Waals surface area (Å²) in [5.74, 6) is 1.31. The number of sulfone groups is 1. The lowest BCUT2D eigenvalue weighted by molar-refractivity contribution is 0.295. The predicted octanol–water partition coefficient (Wildman–Crippen LogP) is 3.79. The molecule has 1 unspecified atom stereocenters. The summed E-state index contributed by atoms with van der Waals surface area (Å²) < 4.78 is 23.2. The van der Waals surface area contributed by atoms with Gasteiger partial charge in [-0.25, -0.2) is 8.42 Å². The third-order valence-corrected chi connectivity index (χ3v) is 5.75. The van der Waals surface area contributed by atoms with Crippen LogP contribution in [0.4, 0.5) is 0 Å². The largest absolute Gasteiger partial charge is 0.314 e. The van der Waals surface area contributed by atoms with E-state index in [1.807, 2.05) is 0 Å². The quantitative estimate of drug-likeness (QED) is 0.563. The van der Waals surface area contributed by atoms with Crippen LogP contribution in [0.1, 0.15) is 72.6 Å². The van der Waals surface area contributed by atoms with Crippen molar-refractivity contribution in [2.75, 3.05) is 18.1 Å². The molecule has 0 spiro atoms. The molecule has 0 aliphatic heterocycles. The molecule has 4 heteroatoms. The van der Waals surface area contributed by atoms with Gasteiger partial charge < -0.3 is 5.32 Å². The van der Waals surface area contributed by atoms with E-state index in [1.54, 1.807) is 6.92 Å². The van der Waals surface area contributed by atoms with Crippen LogP contribution in [0.15, 0.2) is 0 Å². The lowest BCUT2D eigenvalue weighted by Gasteiger charge is -2.28. The lowest BCUT2D eigenvalue weighted by Crippen LogP contribution is -2.37. The van der Waals surface area contributed by atoms with Crippen LogP contribution in [0, 0.1) is 5.92 Å². The minimum Gasteiger partial charge on any atom is -0.314 e. The SMILES string of the molecule is CCCNC(CCCS(=O)(=O)CC)C(CCC)CCC. The van der Waals surface area contributed by atoms with Crippen molar-refractivity contribution in [3.8, 4) is 0 Å². The third kappa shape index (κ3) is 8.96. The first-order valence-corrected chi connectivity index (χ1v) is 10.3. The zero-order valence-electron chi connectivity index (χ0n) is 14.0. The van der Waals surface area contributed by atoms with Crippen LogP contribution in [0.3, 0.4) is 0 Å². The molecular formula is C16H35NO2S. The van der Waals surface area contributed by atoms with Gasteiger partial charge in [-0.05, 0) is 44.6 Å². The summed E-state index contributed by atoms with van der Waals surface area (Å²) in [4.78, 5) is 0. The first kappa shape index (κ1) is 19.9. The van der Waals surface area contributed by atoms with Crippen LogP contribution in [0.2, 0.25) is 0 Å². The van der Waals surface area contributed by atoms with Gasteiger partial charge in [-0.15, -0.1) is 0 Å². The zero-order valence-corrected chi connectivity index (χ0v) is 14.8. The Morgan fingerprint density at radius 3 is 1.95 bits per heavy atom. The van der Waals surface area contributed by atoms with Crippen LogP contribution in [-0.2, 0) is 9.84 Å². The number of hydrogen-bond donors (Lipinski definition) is 1. The van der Waals surface area contributed by atoms with Gasteiger partial charge in [-0.1, -0.05) is 40.5 Å². The molecule has 1 N–H and O–H groups in total. The van der Waals surface area contributed by atoms with E-state index in [0.717, 1.165) is 25.8 Å². The molecule has 0 aliphatic carbocycles. The zero-order chi connectivity index (χ0) is 15.4. The lowest BCUT2D eigenvalue weighted by atomic mass is 9.88. The Kier molecular flexibility index (Phi) is 11.5. The van der Waals surface area contributed by atoms with Crippen molar-refractivity contribution in [3.05, 3.63) is 0 Å². The maximum absolute atomic E-state index is 11.6. The van der Waals surface area contributed by atoms with Gasteiger partial charge in [0.2, 0.25) is 0 Å². The highest BCUT2D eigenvalue weighted by molar-refractivity contribution is 7.91. The fourth-order valence-corrected chi connectivity index (χ4v) is 3.69. The van der Waals surface area contributed by atoms with Crippen LogP contribution >= 0.6 is 0 Å². The Hall–Kier alpha value is -0.0900. The van der Waals surface area contributed by atoms with E-state index in [1.165, 1.54) is 25.7 Å².